The summed E-state index contributed by atoms with van der Waals surface area (Å²) < 4.78 is 5.28. The lowest BCUT2D eigenvalue weighted by Gasteiger charge is -2.23. The molecule has 1 amide bonds. The van der Waals surface area contributed by atoms with Gasteiger partial charge < -0.3 is 9.84 Å². The van der Waals surface area contributed by atoms with Gasteiger partial charge in [-0.3, -0.25) is 9.69 Å². The number of esters is 1. The Balaban J connectivity index is 2.78. The molecular formula is C16H16BrNO5. The minimum Gasteiger partial charge on any atom is -0.478 e. The quantitative estimate of drug-likeness (QED) is 0.813. The van der Waals surface area contributed by atoms with Gasteiger partial charge in [0.2, 0.25) is 5.91 Å². The number of rotatable bonds is 3. The maximum absolute atomic E-state index is 12.8. The third-order valence-electron chi connectivity index (χ3n) is 3.76. The van der Waals surface area contributed by atoms with Crippen molar-refractivity contribution in [1.29, 1.82) is 0 Å². The van der Waals surface area contributed by atoms with E-state index in [-0.39, 0.29) is 11.3 Å². The second-order valence-electron chi connectivity index (χ2n) is 5.74. The van der Waals surface area contributed by atoms with Crippen LogP contribution in [0.1, 0.15) is 19.4 Å². The van der Waals surface area contributed by atoms with Gasteiger partial charge in [0.1, 0.15) is 5.70 Å². The van der Waals surface area contributed by atoms with Crippen LogP contribution in [-0.2, 0) is 19.1 Å². The van der Waals surface area contributed by atoms with Crippen LogP contribution in [0.25, 0.3) is 0 Å². The maximum atomic E-state index is 12.8. The summed E-state index contributed by atoms with van der Waals surface area (Å²) in [6, 6.07) is 5.21. The number of anilines is 1. The Bertz CT molecular complexity index is 751. The van der Waals surface area contributed by atoms with Crippen molar-refractivity contribution >= 4 is 39.5 Å². The fourth-order valence-electron chi connectivity index (χ4n) is 2.58. The highest BCUT2D eigenvalue weighted by atomic mass is 79.9. The predicted octanol–water partition coefficient (Wildman–Crippen LogP) is 2.64. The molecule has 1 aromatic carbocycles. The van der Waals surface area contributed by atoms with Crippen molar-refractivity contribution in [3.63, 3.8) is 0 Å². The highest BCUT2D eigenvalue weighted by molar-refractivity contribution is 9.10. The molecule has 0 fully saturated rings. The number of halogens is 1. The molecule has 0 unspecified atom stereocenters. The first-order valence-corrected chi connectivity index (χ1v) is 7.59. The van der Waals surface area contributed by atoms with Crippen molar-refractivity contribution in [2.45, 2.75) is 20.8 Å². The van der Waals surface area contributed by atoms with Crippen LogP contribution in [0.5, 0.6) is 0 Å². The third-order valence-corrected chi connectivity index (χ3v) is 4.40. The molecule has 1 aliphatic rings. The van der Waals surface area contributed by atoms with E-state index in [0.29, 0.717) is 10.2 Å². The molecule has 0 radical (unpaired) electrons. The van der Waals surface area contributed by atoms with Crippen molar-refractivity contribution in [3.8, 4) is 0 Å². The van der Waals surface area contributed by atoms with E-state index in [1.807, 2.05) is 6.92 Å². The summed E-state index contributed by atoms with van der Waals surface area (Å²) in [6.07, 6.45) is 0. The number of nitrogens with zero attached hydrogens (tertiary/aromatic N) is 1. The van der Waals surface area contributed by atoms with E-state index in [0.717, 1.165) is 17.6 Å². The highest BCUT2D eigenvalue weighted by Gasteiger charge is 2.52. The zero-order valence-electron chi connectivity index (χ0n) is 13.1. The van der Waals surface area contributed by atoms with Crippen molar-refractivity contribution in [3.05, 3.63) is 39.5 Å². The van der Waals surface area contributed by atoms with Crippen molar-refractivity contribution < 1.29 is 24.2 Å². The zero-order chi connectivity index (χ0) is 17.5. The number of amides is 1. The summed E-state index contributed by atoms with van der Waals surface area (Å²) >= 11 is 3.36. The van der Waals surface area contributed by atoms with Crippen LogP contribution in [-0.4, -0.2) is 30.1 Å². The molecule has 122 valence electrons. The van der Waals surface area contributed by atoms with E-state index >= 15 is 0 Å². The number of carboxylic acids is 1. The number of ether oxygens (including phenoxy) is 1. The number of benzene rings is 1. The van der Waals surface area contributed by atoms with Crippen LogP contribution < -0.4 is 4.90 Å². The Morgan fingerprint density at radius 3 is 2.39 bits per heavy atom. The van der Waals surface area contributed by atoms with Gasteiger partial charge in [-0.1, -0.05) is 6.07 Å². The largest absolute Gasteiger partial charge is 0.478 e. The Kier molecular flexibility index (Phi) is 4.34. The molecule has 1 N–H and O–H groups in total. The molecule has 1 aromatic rings. The van der Waals surface area contributed by atoms with Gasteiger partial charge in [-0.25, -0.2) is 9.59 Å². The van der Waals surface area contributed by atoms with Crippen molar-refractivity contribution in [1.82, 2.24) is 0 Å². The Hall–Kier alpha value is -2.15. The summed E-state index contributed by atoms with van der Waals surface area (Å²) in [6.45, 7) is 4.83. The van der Waals surface area contributed by atoms with Crippen LogP contribution in [0.4, 0.5) is 5.69 Å². The monoisotopic (exact) mass is 381 g/mol. The first-order valence-electron chi connectivity index (χ1n) is 6.80. The third kappa shape index (κ3) is 2.65. The lowest BCUT2D eigenvalue weighted by Crippen LogP contribution is -2.35. The number of hydrogen-bond acceptors (Lipinski definition) is 4. The van der Waals surface area contributed by atoms with Crippen LogP contribution >= 0.6 is 15.9 Å². The Labute approximate surface area is 141 Å². The average molecular weight is 382 g/mol. The first-order chi connectivity index (χ1) is 10.6. The lowest BCUT2D eigenvalue weighted by atomic mass is 9.85. The Morgan fingerprint density at radius 1 is 1.30 bits per heavy atom. The molecule has 0 aromatic heterocycles. The number of hydrogen-bond donors (Lipinski definition) is 1. The number of aliphatic carboxylic acids is 1. The van der Waals surface area contributed by atoms with E-state index in [9.17, 15) is 19.5 Å². The highest BCUT2D eigenvalue weighted by Crippen LogP contribution is 2.44. The lowest BCUT2D eigenvalue weighted by molar-refractivity contribution is -0.138. The zero-order valence-corrected chi connectivity index (χ0v) is 14.7. The maximum Gasteiger partial charge on any atom is 0.355 e. The minimum atomic E-state index is -1.35. The van der Waals surface area contributed by atoms with Crippen LogP contribution in [0, 0.1) is 12.3 Å². The molecule has 1 aliphatic heterocycles. The van der Waals surface area contributed by atoms with E-state index in [1.54, 1.807) is 18.2 Å². The molecule has 23 heavy (non-hydrogen) atoms. The molecule has 0 saturated carbocycles. The summed E-state index contributed by atoms with van der Waals surface area (Å²) in [7, 11) is 1.15. The number of aryl methyl sites for hydroxylation is 1. The second kappa shape index (κ2) is 5.81. The van der Waals surface area contributed by atoms with Gasteiger partial charge >= 0.3 is 11.9 Å². The van der Waals surface area contributed by atoms with Gasteiger partial charge in [-0.15, -0.1) is 0 Å². The van der Waals surface area contributed by atoms with Gasteiger partial charge in [0.25, 0.3) is 0 Å². The van der Waals surface area contributed by atoms with Crippen LogP contribution in [0.3, 0.4) is 0 Å². The number of carbonyl (C=O) groups is 3. The number of carboxylic acid groups (broad SMARTS) is 1. The van der Waals surface area contributed by atoms with Gasteiger partial charge in [-0.2, -0.15) is 0 Å². The summed E-state index contributed by atoms with van der Waals surface area (Å²) in [5.41, 5.74) is -0.542. The van der Waals surface area contributed by atoms with Crippen molar-refractivity contribution in [2.24, 2.45) is 5.41 Å². The molecule has 0 aliphatic carbocycles. The van der Waals surface area contributed by atoms with Gasteiger partial charge in [0.05, 0.1) is 23.8 Å². The molecule has 1 heterocycles. The van der Waals surface area contributed by atoms with Gasteiger partial charge in [-0.05, 0) is 54.4 Å². The minimum absolute atomic E-state index is 0.264. The average Bonchev–Trinajstić information content (AvgIpc) is 2.66. The second-order valence-corrected chi connectivity index (χ2v) is 6.60. The predicted molar refractivity (Wildman–Crippen MR) is 86.8 cm³/mol. The molecule has 0 bridgehead atoms. The van der Waals surface area contributed by atoms with E-state index < -0.39 is 23.3 Å². The van der Waals surface area contributed by atoms with Gasteiger partial charge in [0.15, 0.2) is 0 Å². The van der Waals surface area contributed by atoms with Crippen LogP contribution in [0.2, 0.25) is 0 Å². The fourth-order valence-corrected chi connectivity index (χ4v) is 3.25. The summed E-state index contributed by atoms with van der Waals surface area (Å²) in [4.78, 5) is 37.7. The topological polar surface area (TPSA) is 83.9 Å². The van der Waals surface area contributed by atoms with E-state index in [4.69, 9.17) is 4.74 Å². The van der Waals surface area contributed by atoms with Crippen LogP contribution in [0.15, 0.2) is 33.9 Å². The normalized spacial score (nSPS) is 16.7. The van der Waals surface area contributed by atoms with Gasteiger partial charge in [0, 0.05) is 4.47 Å². The SMILES string of the molecule is COC(=O)C1=C(C(=O)O)C(C)(C)C(=O)N1c1ccc(C)cc1Br. The fraction of sp³-hybridized carbons (Fsp3) is 0.312. The molecule has 0 spiro atoms. The standard InChI is InChI=1S/C16H16BrNO5/c1-8-5-6-10(9(17)7-8)18-12(14(21)23-4)11(13(19)20)16(2,3)15(18)22/h5-7H,1-4H3,(H,19,20). The molecule has 2 rings (SSSR count). The van der Waals surface area contributed by atoms with Crippen molar-refractivity contribution in [2.75, 3.05) is 12.0 Å². The smallest absolute Gasteiger partial charge is 0.355 e. The Morgan fingerprint density at radius 2 is 1.91 bits per heavy atom. The summed E-state index contributed by atoms with van der Waals surface area (Å²) in [5, 5.41) is 9.50. The molecule has 6 nitrogen and oxygen atoms in total. The molecular weight excluding hydrogens is 366 g/mol. The van der Waals surface area contributed by atoms with E-state index in [2.05, 4.69) is 15.9 Å². The first kappa shape index (κ1) is 17.2. The molecule has 0 saturated heterocycles. The number of carbonyl (C=O) groups excluding carboxylic acids is 2. The number of methoxy groups -OCH3 is 1. The molecule has 0 atom stereocenters. The summed E-state index contributed by atoms with van der Waals surface area (Å²) in [5.74, 6) is -2.69. The molecule has 7 heteroatoms. The van der Waals surface area contributed by atoms with E-state index in [1.165, 1.54) is 13.8 Å².